The van der Waals surface area contributed by atoms with Crippen LogP contribution in [0.1, 0.15) is 58.1 Å². The quantitative estimate of drug-likeness (QED) is 0.144. The zero-order valence-corrected chi connectivity index (χ0v) is 26.0. The van der Waals surface area contributed by atoms with Gasteiger partial charge in [-0.25, -0.2) is 0 Å². The number of benzene rings is 1. The molecule has 0 fully saturated rings. The van der Waals surface area contributed by atoms with E-state index in [4.69, 9.17) is 28.8 Å². The van der Waals surface area contributed by atoms with Gasteiger partial charge in [-0.15, -0.1) is 0 Å². The van der Waals surface area contributed by atoms with Crippen LogP contribution in [0, 0.1) is 0 Å². The second-order valence-electron chi connectivity index (χ2n) is 7.25. The largest absolute Gasteiger partial charge is 0.512 e. The summed E-state index contributed by atoms with van der Waals surface area (Å²) in [4.78, 5) is 10.0. The summed E-state index contributed by atoms with van der Waals surface area (Å²) in [5.41, 5.74) is 2.44. The predicted octanol–water partition coefficient (Wildman–Crippen LogP) is 4.75. The first kappa shape index (κ1) is 34.6. The summed E-state index contributed by atoms with van der Waals surface area (Å²) >= 11 is 0. The molecule has 33 heavy (non-hydrogen) atoms. The molecule has 2 rings (SSSR count). The number of aryl methyl sites for hydroxylation is 1. The first-order valence-electron chi connectivity index (χ1n) is 11.0. The molecule has 1 aromatic rings. The van der Waals surface area contributed by atoms with Gasteiger partial charge in [0, 0.05) is 58.4 Å². The number of carbonyl (C=O) groups is 1. The molecule has 9 heteroatoms. The summed E-state index contributed by atoms with van der Waals surface area (Å²) in [5.74, 6) is 1.59. The van der Waals surface area contributed by atoms with Gasteiger partial charge in [0.15, 0.2) is 17.3 Å². The zero-order chi connectivity index (χ0) is 22.9. The number of aliphatic hydroxyl groups excluding tert-OH is 1. The molecule has 0 bridgehead atoms. The predicted molar refractivity (Wildman–Crippen MR) is 120 cm³/mol. The van der Waals surface area contributed by atoms with Crippen LogP contribution in [0.25, 0.3) is 0 Å². The number of fused-ring (bicyclic) bond motifs is 1. The van der Waals surface area contributed by atoms with Crippen molar-refractivity contribution in [3.63, 3.8) is 0 Å². The minimum Gasteiger partial charge on any atom is -0.512 e. The molecule has 0 spiro atoms. The van der Waals surface area contributed by atoms with Gasteiger partial charge in [-0.1, -0.05) is 26.7 Å². The Morgan fingerprint density at radius 2 is 1.48 bits per heavy atom. The van der Waals surface area contributed by atoms with Gasteiger partial charge in [0.25, 0.3) is 0 Å². The van der Waals surface area contributed by atoms with E-state index in [9.17, 15) is 4.79 Å². The van der Waals surface area contributed by atoms with E-state index in [0.717, 1.165) is 43.8 Å². The van der Waals surface area contributed by atoms with Crippen molar-refractivity contribution in [1.82, 2.24) is 0 Å². The van der Waals surface area contributed by atoms with Crippen molar-refractivity contribution in [1.29, 1.82) is 0 Å². The van der Waals surface area contributed by atoms with Crippen LogP contribution >= 0.6 is 0 Å². The van der Waals surface area contributed by atoms with Crippen LogP contribution in [0.5, 0.6) is 11.5 Å². The summed E-state index contributed by atoms with van der Waals surface area (Å²) in [7, 11) is 0. The Kier molecular flexibility index (Phi) is 23.0. The summed E-state index contributed by atoms with van der Waals surface area (Å²) in [5, 5.41) is 8.36. The number of ether oxygens (including phenoxy) is 5. The van der Waals surface area contributed by atoms with Crippen LogP contribution in [0.2, 0.25) is 0 Å². The molecule has 1 heterocycles. The molecular weight excluding hydrogens is 557 g/mol. The minimum atomic E-state index is -0.125. The van der Waals surface area contributed by atoms with Gasteiger partial charge >= 0.3 is 0 Å². The van der Waals surface area contributed by atoms with E-state index >= 15 is 0 Å². The van der Waals surface area contributed by atoms with Crippen molar-refractivity contribution < 1.29 is 79.3 Å². The fourth-order valence-electron chi connectivity index (χ4n) is 2.83. The van der Waals surface area contributed by atoms with Crippen LogP contribution in [0.3, 0.4) is 0 Å². The molecule has 0 radical (unpaired) electrons. The molecule has 0 saturated heterocycles. The van der Waals surface area contributed by atoms with Gasteiger partial charge in [0.05, 0.1) is 38.8 Å². The number of ketones is 1. The van der Waals surface area contributed by atoms with Crippen LogP contribution < -0.4 is 9.47 Å². The Morgan fingerprint density at radius 1 is 0.939 bits per heavy atom. The molecule has 0 saturated carbocycles. The average Bonchev–Trinajstić information content (AvgIpc) is 3.16. The molecule has 0 aromatic heterocycles. The first-order chi connectivity index (χ1) is 15.0. The molecular formula is C24H38O7ZnZr. The first-order valence-corrected chi connectivity index (χ1v) is 11.0. The summed E-state index contributed by atoms with van der Waals surface area (Å²) in [6.07, 6.45) is 5.54. The Bertz CT molecular complexity index is 679. The number of hydrogen-bond acceptors (Lipinski definition) is 7. The van der Waals surface area contributed by atoms with Gasteiger partial charge < -0.3 is 28.8 Å². The van der Waals surface area contributed by atoms with Crippen LogP contribution in [0.4, 0.5) is 0 Å². The molecule has 182 valence electrons. The Hall–Kier alpha value is -0.584. The average molecular weight is 595 g/mol. The van der Waals surface area contributed by atoms with E-state index in [1.807, 2.05) is 6.07 Å². The fourth-order valence-corrected chi connectivity index (χ4v) is 2.83. The van der Waals surface area contributed by atoms with Crippen molar-refractivity contribution in [2.24, 2.45) is 0 Å². The summed E-state index contributed by atoms with van der Waals surface area (Å²) < 4.78 is 27.6. The Balaban J connectivity index is 0. The summed E-state index contributed by atoms with van der Waals surface area (Å²) in [6.45, 7) is 11.3. The van der Waals surface area contributed by atoms with E-state index < -0.39 is 0 Å². The van der Waals surface area contributed by atoms with E-state index in [2.05, 4.69) is 19.9 Å². The number of hydrogen-bond donors (Lipinski definition) is 1. The maximum Gasteiger partial charge on any atom is 0.231 e. The second-order valence-corrected chi connectivity index (χ2v) is 7.25. The molecule has 0 aliphatic carbocycles. The zero-order valence-electron chi connectivity index (χ0n) is 20.6. The molecule has 7 nitrogen and oxygen atoms in total. The molecule has 1 aliphatic rings. The summed E-state index contributed by atoms with van der Waals surface area (Å²) in [6, 6.07) is 4.12. The second kappa shape index (κ2) is 21.9. The third kappa shape index (κ3) is 16.6. The maximum absolute atomic E-state index is 10.0. The van der Waals surface area contributed by atoms with Gasteiger partial charge in [-0.2, -0.15) is 0 Å². The van der Waals surface area contributed by atoms with Crippen LogP contribution in [0.15, 0.2) is 24.0 Å². The third-order valence-electron chi connectivity index (χ3n) is 4.27. The number of aliphatic hydroxyl groups is 1. The molecule has 1 aliphatic heterocycles. The van der Waals surface area contributed by atoms with Gasteiger partial charge in [-0.05, 0) is 49.9 Å². The van der Waals surface area contributed by atoms with Gasteiger partial charge in [0.2, 0.25) is 6.79 Å². The van der Waals surface area contributed by atoms with Crippen molar-refractivity contribution in [2.45, 2.75) is 60.0 Å². The van der Waals surface area contributed by atoms with E-state index in [1.54, 1.807) is 0 Å². The van der Waals surface area contributed by atoms with E-state index in [0.29, 0.717) is 39.8 Å². The standard InChI is InChI=1S/C19H30O5.C5H8O2.Zn.Zr/c1-3-5-7-20-8-9-21-10-11-22-14-17-13-19-18(23-15-24-19)12-16(17)6-4-2;1-4(6)3-5(2)7;;/h12-13H,3-11,14-15H2,1-2H3;3,6H,1-2H3;;/b;4-3-;;. The maximum atomic E-state index is 10.0. The molecule has 0 unspecified atom stereocenters. The number of rotatable bonds is 14. The van der Waals surface area contributed by atoms with Crippen molar-refractivity contribution in [3.8, 4) is 11.5 Å². The Morgan fingerprint density at radius 3 is 1.97 bits per heavy atom. The van der Waals surface area contributed by atoms with Gasteiger partial charge in [-0.3, -0.25) is 4.79 Å². The topological polar surface area (TPSA) is 83.5 Å². The monoisotopic (exact) mass is 592 g/mol. The van der Waals surface area contributed by atoms with E-state index in [-0.39, 0.29) is 57.2 Å². The van der Waals surface area contributed by atoms with Crippen LogP contribution in [-0.2, 0) is 77.7 Å². The van der Waals surface area contributed by atoms with Crippen LogP contribution in [-0.4, -0.2) is 50.7 Å². The van der Waals surface area contributed by atoms with Crippen molar-refractivity contribution in [2.75, 3.05) is 39.8 Å². The number of unbranched alkanes of at least 4 members (excludes halogenated alkanes) is 1. The number of allylic oxidation sites excluding steroid dienone is 2. The minimum absolute atomic E-state index is 0. The van der Waals surface area contributed by atoms with E-state index in [1.165, 1.54) is 31.1 Å². The molecule has 0 atom stereocenters. The molecule has 1 N–H and O–H groups in total. The van der Waals surface area contributed by atoms with Gasteiger partial charge in [0.1, 0.15) is 0 Å². The third-order valence-corrected chi connectivity index (χ3v) is 4.27. The Labute approximate surface area is 230 Å². The molecule has 1 aromatic carbocycles. The number of carbonyl (C=O) groups excluding carboxylic acids is 1. The fraction of sp³-hybridized carbons (Fsp3) is 0.625. The SMILES string of the molecule is CC(=O)/C=C(/C)O.CCCCOCCOCCOCc1cc2c(cc1CCC)OCO2.[Zn].[Zr]. The molecule has 0 amide bonds. The smallest absolute Gasteiger partial charge is 0.231 e. The normalized spacial score (nSPS) is 11.7. The van der Waals surface area contributed by atoms with Crippen molar-refractivity contribution >= 4 is 5.78 Å². The van der Waals surface area contributed by atoms with Crippen molar-refractivity contribution in [3.05, 3.63) is 35.1 Å².